The van der Waals surface area contributed by atoms with Gasteiger partial charge in [-0.1, -0.05) is 23.4 Å². The number of nitrogens with one attached hydrogen (secondary N) is 1. The molecule has 2 aromatic rings. The van der Waals surface area contributed by atoms with Gasteiger partial charge in [0.15, 0.2) is 5.82 Å². The molecule has 0 radical (unpaired) electrons. The van der Waals surface area contributed by atoms with Gasteiger partial charge in [0.1, 0.15) is 0 Å². The molecule has 0 aliphatic heterocycles. The minimum atomic E-state index is -2.44. The van der Waals surface area contributed by atoms with E-state index >= 15 is 0 Å². The molecular weight excluding hydrogens is 240 g/mol. The first-order chi connectivity index (χ1) is 8.65. The van der Waals surface area contributed by atoms with Gasteiger partial charge in [-0.3, -0.25) is 0 Å². The van der Waals surface area contributed by atoms with Crippen LogP contribution in [0.2, 0.25) is 0 Å². The Bertz CT molecular complexity index is 514. The first kappa shape index (κ1) is 12.6. The van der Waals surface area contributed by atoms with E-state index in [2.05, 4.69) is 15.5 Å². The van der Waals surface area contributed by atoms with Crippen molar-refractivity contribution < 1.29 is 13.3 Å². The Labute approximate surface area is 103 Å². The molecule has 0 amide bonds. The predicted octanol–water partition coefficient (Wildman–Crippen LogP) is 2.61. The first-order valence-electron chi connectivity index (χ1n) is 5.52. The van der Waals surface area contributed by atoms with Crippen molar-refractivity contribution in [3.8, 4) is 0 Å². The Morgan fingerprint density at radius 2 is 2.17 bits per heavy atom. The van der Waals surface area contributed by atoms with E-state index in [-0.39, 0.29) is 5.56 Å². The van der Waals surface area contributed by atoms with Crippen LogP contribution < -0.4 is 5.32 Å². The lowest BCUT2D eigenvalue weighted by atomic mass is 10.1. The van der Waals surface area contributed by atoms with Crippen molar-refractivity contribution in [1.29, 1.82) is 0 Å². The number of rotatable bonds is 5. The van der Waals surface area contributed by atoms with Crippen LogP contribution in [0.5, 0.6) is 0 Å². The number of benzene rings is 1. The Morgan fingerprint density at radius 1 is 1.33 bits per heavy atom. The van der Waals surface area contributed by atoms with Crippen molar-refractivity contribution in [2.75, 3.05) is 0 Å². The molecule has 6 heteroatoms. The number of nitrogens with zero attached hydrogens (tertiary/aromatic N) is 2. The fourth-order valence-corrected chi connectivity index (χ4v) is 1.56. The number of hydrogen-bond donors (Lipinski definition) is 1. The second kappa shape index (κ2) is 5.68. The number of halogens is 2. The van der Waals surface area contributed by atoms with Gasteiger partial charge in [0.05, 0.1) is 6.54 Å². The predicted molar refractivity (Wildman–Crippen MR) is 61.0 cm³/mol. The van der Waals surface area contributed by atoms with Gasteiger partial charge in [0.25, 0.3) is 6.43 Å². The van der Waals surface area contributed by atoms with Gasteiger partial charge in [0.2, 0.25) is 5.89 Å². The van der Waals surface area contributed by atoms with Gasteiger partial charge in [-0.2, -0.15) is 4.98 Å². The van der Waals surface area contributed by atoms with E-state index in [0.717, 1.165) is 5.56 Å². The minimum absolute atomic E-state index is 0.0305. The van der Waals surface area contributed by atoms with Crippen molar-refractivity contribution >= 4 is 0 Å². The van der Waals surface area contributed by atoms with Crippen molar-refractivity contribution in [3.05, 3.63) is 47.1 Å². The number of aromatic nitrogens is 2. The van der Waals surface area contributed by atoms with Crippen LogP contribution in [0.1, 0.15) is 29.3 Å². The molecule has 96 valence electrons. The highest BCUT2D eigenvalue weighted by Gasteiger charge is 2.07. The second-order valence-electron chi connectivity index (χ2n) is 3.88. The lowest BCUT2D eigenvalue weighted by molar-refractivity contribution is 0.151. The van der Waals surface area contributed by atoms with E-state index < -0.39 is 6.43 Å². The van der Waals surface area contributed by atoms with E-state index in [9.17, 15) is 8.78 Å². The second-order valence-corrected chi connectivity index (χ2v) is 3.88. The van der Waals surface area contributed by atoms with Crippen LogP contribution in [-0.2, 0) is 13.1 Å². The highest BCUT2D eigenvalue weighted by molar-refractivity contribution is 5.24. The van der Waals surface area contributed by atoms with Crippen LogP contribution in [-0.4, -0.2) is 10.1 Å². The highest BCUT2D eigenvalue weighted by Crippen LogP contribution is 2.19. The van der Waals surface area contributed by atoms with Crippen molar-refractivity contribution in [2.45, 2.75) is 26.4 Å². The molecule has 0 aliphatic carbocycles. The maximum atomic E-state index is 12.5. The average Bonchev–Trinajstić information content (AvgIpc) is 2.75. The van der Waals surface area contributed by atoms with Crippen LogP contribution in [0.4, 0.5) is 8.78 Å². The summed E-state index contributed by atoms with van der Waals surface area (Å²) in [4.78, 5) is 4.03. The van der Waals surface area contributed by atoms with Gasteiger partial charge in [0, 0.05) is 12.1 Å². The van der Waals surface area contributed by atoms with Crippen molar-refractivity contribution in [3.63, 3.8) is 0 Å². The Morgan fingerprint density at radius 3 is 2.83 bits per heavy atom. The van der Waals surface area contributed by atoms with Gasteiger partial charge in [-0.05, 0) is 18.6 Å². The van der Waals surface area contributed by atoms with E-state index in [0.29, 0.717) is 24.8 Å². The zero-order valence-corrected chi connectivity index (χ0v) is 9.86. The van der Waals surface area contributed by atoms with Crippen LogP contribution in [0, 0.1) is 6.92 Å². The molecule has 0 aliphatic rings. The number of aryl methyl sites for hydroxylation is 1. The normalized spacial score (nSPS) is 11.1. The largest absolute Gasteiger partial charge is 0.338 e. The summed E-state index contributed by atoms with van der Waals surface area (Å²) in [6, 6.07) is 6.31. The third-order valence-corrected chi connectivity index (χ3v) is 2.38. The highest BCUT2D eigenvalue weighted by atomic mass is 19.3. The molecule has 1 N–H and O–H groups in total. The smallest absolute Gasteiger partial charge is 0.263 e. The van der Waals surface area contributed by atoms with Crippen molar-refractivity contribution in [1.82, 2.24) is 15.5 Å². The maximum absolute atomic E-state index is 12.5. The summed E-state index contributed by atoms with van der Waals surface area (Å²) >= 11 is 0. The van der Waals surface area contributed by atoms with E-state index in [1.54, 1.807) is 19.1 Å². The van der Waals surface area contributed by atoms with Gasteiger partial charge < -0.3 is 9.84 Å². The van der Waals surface area contributed by atoms with Crippen molar-refractivity contribution in [2.24, 2.45) is 0 Å². The Balaban J connectivity index is 1.88. The Hall–Kier alpha value is -1.82. The molecule has 0 atom stereocenters. The van der Waals surface area contributed by atoms with E-state index in [1.165, 1.54) is 12.1 Å². The maximum Gasteiger partial charge on any atom is 0.263 e. The summed E-state index contributed by atoms with van der Waals surface area (Å²) in [5.74, 6) is 1.06. The average molecular weight is 253 g/mol. The topological polar surface area (TPSA) is 51.0 Å². The van der Waals surface area contributed by atoms with Gasteiger partial charge in [-0.15, -0.1) is 0 Å². The quantitative estimate of drug-likeness (QED) is 0.889. The third-order valence-electron chi connectivity index (χ3n) is 2.38. The van der Waals surface area contributed by atoms with E-state index in [1.807, 2.05) is 0 Å². The summed E-state index contributed by atoms with van der Waals surface area (Å²) in [5.41, 5.74) is 0.826. The fraction of sp³-hybridized carbons (Fsp3) is 0.333. The molecule has 1 heterocycles. The molecule has 0 saturated carbocycles. The zero-order valence-electron chi connectivity index (χ0n) is 9.86. The van der Waals surface area contributed by atoms with Crippen LogP contribution in [0.15, 0.2) is 28.8 Å². The molecule has 1 aromatic carbocycles. The summed E-state index contributed by atoms with van der Waals surface area (Å²) < 4.78 is 29.9. The molecular formula is C12H13F2N3O. The molecule has 0 unspecified atom stereocenters. The fourth-order valence-electron chi connectivity index (χ4n) is 1.56. The SMILES string of the molecule is Cc1noc(CNCc2cccc(C(F)F)c2)n1. The summed E-state index contributed by atoms with van der Waals surface area (Å²) in [6.07, 6.45) is -2.44. The molecule has 2 rings (SSSR count). The molecule has 0 fully saturated rings. The molecule has 1 aromatic heterocycles. The van der Waals surface area contributed by atoms with Crippen LogP contribution in [0.25, 0.3) is 0 Å². The summed E-state index contributed by atoms with van der Waals surface area (Å²) in [6.45, 7) is 2.63. The van der Waals surface area contributed by atoms with Crippen LogP contribution >= 0.6 is 0 Å². The molecule has 4 nitrogen and oxygen atoms in total. The first-order valence-corrected chi connectivity index (χ1v) is 5.52. The Kier molecular flexibility index (Phi) is 3.99. The summed E-state index contributed by atoms with van der Waals surface area (Å²) in [7, 11) is 0. The molecule has 0 spiro atoms. The lowest BCUT2D eigenvalue weighted by Crippen LogP contribution is -2.13. The third kappa shape index (κ3) is 3.33. The van der Waals surface area contributed by atoms with E-state index in [4.69, 9.17) is 4.52 Å². The number of hydrogen-bond acceptors (Lipinski definition) is 4. The minimum Gasteiger partial charge on any atom is -0.338 e. The lowest BCUT2D eigenvalue weighted by Gasteiger charge is -2.05. The number of alkyl halides is 2. The molecule has 0 bridgehead atoms. The monoisotopic (exact) mass is 253 g/mol. The molecule has 18 heavy (non-hydrogen) atoms. The van der Waals surface area contributed by atoms with Gasteiger partial charge >= 0.3 is 0 Å². The van der Waals surface area contributed by atoms with Gasteiger partial charge in [-0.25, -0.2) is 8.78 Å². The zero-order chi connectivity index (χ0) is 13.0. The standard InChI is InChI=1S/C12H13F2N3O/c1-8-16-11(18-17-8)7-15-6-9-3-2-4-10(5-9)12(13)14/h2-5,12,15H,6-7H2,1H3. The molecule has 0 saturated heterocycles. The summed E-state index contributed by atoms with van der Waals surface area (Å²) in [5, 5.41) is 6.71. The van der Waals surface area contributed by atoms with Crippen LogP contribution in [0.3, 0.4) is 0 Å².